The van der Waals surface area contributed by atoms with Crippen molar-refractivity contribution in [2.75, 3.05) is 6.73 Å². The molecular weight excluding hydrogens is 398 g/mol. The Morgan fingerprint density at radius 2 is 1.78 bits per heavy atom. The first-order valence-corrected chi connectivity index (χ1v) is 11.3. The quantitative estimate of drug-likeness (QED) is 0.371. The Labute approximate surface area is 187 Å². The summed E-state index contributed by atoms with van der Waals surface area (Å²) in [5.74, 6) is 0.853. The molecule has 0 amide bonds. The maximum Gasteiger partial charge on any atom is 0.336 e. The highest BCUT2D eigenvalue weighted by Gasteiger charge is 2.31. The monoisotopic (exact) mass is 423 g/mol. The van der Waals surface area contributed by atoms with Crippen LogP contribution in [0.3, 0.4) is 0 Å². The van der Waals surface area contributed by atoms with Gasteiger partial charge in [-0.1, -0.05) is 54.6 Å². The topological polar surface area (TPSA) is 42.7 Å². The van der Waals surface area contributed by atoms with Gasteiger partial charge in [0.1, 0.15) is 18.1 Å². The number of aryl methyl sites for hydroxylation is 2. The van der Waals surface area contributed by atoms with Gasteiger partial charge in [0.15, 0.2) is 0 Å². The Hall–Kier alpha value is -3.37. The number of benzene rings is 3. The number of rotatable bonds is 2. The van der Waals surface area contributed by atoms with Crippen molar-refractivity contribution in [3.63, 3.8) is 0 Å². The average Bonchev–Trinajstić information content (AvgIpc) is 2.84. The number of fused-ring (bicyclic) bond motifs is 3. The Morgan fingerprint density at radius 1 is 0.969 bits per heavy atom. The lowest BCUT2D eigenvalue weighted by atomic mass is 9.86. The molecule has 6 rings (SSSR count). The second kappa shape index (κ2) is 7.64. The normalized spacial score (nSPS) is 18.1. The first-order valence-electron chi connectivity index (χ1n) is 11.3. The van der Waals surface area contributed by atoms with Crippen molar-refractivity contribution in [1.82, 2.24) is 4.90 Å². The summed E-state index contributed by atoms with van der Waals surface area (Å²) >= 11 is 0. The summed E-state index contributed by atoms with van der Waals surface area (Å²) in [6.07, 6.45) is 3.50. The highest BCUT2D eigenvalue weighted by molar-refractivity contribution is 5.96. The molecule has 0 saturated heterocycles. The van der Waals surface area contributed by atoms with Gasteiger partial charge in [-0.15, -0.1) is 0 Å². The van der Waals surface area contributed by atoms with E-state index in [0.29, 0.717) is 18.4 Å². The molecule has 0 unspecified atom stereocenters. The van der Waals surface area contributed by atoms with Gasteiger partial charge in [0.2, 0.25) is 0 Å². The van der Waals surface area contributed by atoms with Crippen LogP contribution in [0, 0.1) is 6.92 Å². The van der Waals surface area contributed by atoms with E-state index in [9.17, 15) is 4.79 Å². The third-order valence-corrected chi connectivity index (χ3v) is 6.90. The van der Waals surface area contributed by atoms with Crippen LogP contribution in [-0.2, 0) is 13.0 Å². The van der Waals surface area contributed by atoms with E-state index in [1.165, 1.54) is 17.5 Å². The third kappa shape index (κ3) is 3.14. The highest BCUT2D eigenvalue weighted by atomic mass is 16.5. The van der Waals surface area contributed by atoms with E-state index in [1.807, 2.05) is 37.3 Å². The molecule has 0 radical (unpaired) electrons. The minimum atomic E-state index is -0.337. The molecule has 0 bridgehead atoms. The molecule has 4 nitrogen and oxygen atoms in total. The van der Waals surface area contributed by atoms with E-state index < -0.39 is 0 Å². The van der Waals surface area contributed by atoms with E-state index in [-0.39, 0.29) is 5.63 Å². The van der Waals surface area contributed by atoms with Crippen molar-refractivity contribution in [2.24, 2.45) is 0 Å². The highest BCUT2D eigenvalue weighted by Crippen LogP contribution is 2.42. The molecule has 3 aromatic carbocycles. The fourth-order valence-electron chi connectivity index (χ4n) is 5.40. The zero-order chi connectivity index (χ0) is 21.7. The lowest BCUT2D eigenvalue weighted by molar-refractivity contribution is 0.0475. The molecule has 4 heteroatoms. The van der Waals surface area contributed by atoms with Crippen LogP contribution in [0.1, 0.15) is 41.1 Å². The van der Waals surface area contributed by atoms with Crippen LogP contribution in [0.2, 0.25) is 0 Å². The van der Waals surface area contributed by atoms with Gasteiger partial charge in [-0.3, -0.25) is 4.90 Å². The van der Waals surface area contributed by atoms with Crippen LogP contribution in [-0.4, -0.2) is 11.6 Å². The number of nitrogens with zero attached hydrogens (tertiary/aromatic N) is 1. The predicted octanol–water partition coefficient (Wildman–Crippen LogP) is 6.00. The molecule has 0 N–H and O–H groups in total. The van der Waals surface area contributed by atoms with Crippen LogP contribution in [0.25, 0.3) is 22.1 Å². The summed E-state index contributed by atoms with van der Waals surface area (Å²) in [5.41, 5.74) is 7.13. The molecule has 2 heterocycles. The Balaban J connectivity index is 1.46. The van der Waals surface area contributed by atoms with Crippen molar-refractivity contribution in [1.29, 1.82) is 0 Å². The minimum Gasteiger partial charge on any atom is -0.477 e. The number of ether oxygens (including phenoxy) is 1. The summed E-state index contributed by atoms with van der Waals surface area (Å²) in [4.78, 5) is 14.8. The second-order valence-corrected chi connectivity index (χ2v) is 8.84. The van der Waals surface area contributed by atoms with E-state index >= 15 is 0 Å². The summed E-state index contributed by atoms with van der Waals surface area (Å²) in [5, 5.41) is 0.960. The van der Waals surface area contributed by atoms with Crippen molar-refractivity contribution < 1.29 is 9.15 Å². The van der Waals surface area contributed by atoms with Crippen molar-refractivity contribution >= 4 is 11.0 Å². The van der Waals surface area contributed by atoms with Crippen molar-refractivity contribution in [3.8, 4) is 16.9 Å². The van der Waals surface area contributed by atoms with Crippen LogP contribution >= 0.6 is 0 Å². The average molecular weight is 424 g/mol. The largest absolute Gasteiger partial charge is 0.477 e. The summed E-state index contributed by atoms with van der Waals surface area (Å²) in [6.45, 7) is 3.35. The summed E-state index contributed by atoms with van der Waals surface area (Å²) in [6, 6.07) is 23.0. The van der Waals surface area contributed by atoms with Gasteiger partial charge >= 0.3 is 5.63 Å². The Kier molecular flexibility index (Phi) is 4.62. The first-order chi connectivity index (χ1) is 15.7. The lowest BCUT2D eigenvalue weighted by Gasteiger charge is -2.39. The predicted molar refractivity (Wildman–Crippen MR) is 126 cm³/mol. The van der Waals surface area contributed by atoms with Crippen LogP contribution in [0.15, 0.2) is 75.9 Å². The van der Waals surface area contributed by atoms with Gasteiger partial charge in [-0.25, -0.2) is 4.79 Å². The number of hydrogen-bond acceptors (Lipinski definition) is 4. The van der Waals surface area contributed by atoms with Crippen molar-refractivity contribution in [2.45, 2.75) is 38.8 Å². The van der Waals surface area contributed by atoms with Gasteiger partial charge in [0.05, 0.1) is 0 Å². The SMILES string of the molecule is Cc1c2c(cc3c(-c4ccccc4)cc(=O)oc13)CN([C@@H]1CCCc3ccccc31)CO2. The molecule has 1 aliphatic carbocycles. The molecule has 1 aromatic heterocycles. The molecule has 4 aromatic rings. The van der Waals surface area contributed by atoms with E-state index in [4.69, 9.17) is 9.15 Å². The molecular formula is C28H25NO3. The molecule has 160 valence electrons. The van der Waals surface area contributed by atoms with Crippen LogP contribution < -0.4 is 10.4 Å². The van der Waals surface area contributed by atoms with Gasteiger partial charge in [0, 0.05) is 35.2 Å². The van der Waals surface area contributed by atoms with E-state index in [0.717, 1.165) is 52.8 Å². The number of hydrogen-bond donors (Lipinski definition) is 0. The fraction of sp³-hybridized carbons (Fsp3) is 0.250. The van der Waals surface area contributed by atoms with E-state index in [2.05, 4.69) is 35.2 Å². The molecule has 0 saturated carbocycles. The third-order valence-electron chi connectivity index (χ3n) is 6.90. The lowest BCUT2D eigenvalue weighted by Crippen LogP contribution is -2.37. The first kappa shape index (κ1) is 19.3. The molecule has 2 aliphatic rings. The Morgan fingerprint density at radius 3 is 2.66 bits per heavy atom. The standard InChI is InChI=1S/C28H25NO3/c1-18-27-21(14-24-23(15-26(30)32-28(18)24)20-8-3-2-4-9-20)16-29(17-31-27)25-13-7-11-19-10-5-6-12-22(19)25/h2-6,8-10,12,14-15,25H,7,11,13,16-17H2,1H3/t25-/m1/s1. The summed E-state index contributed by atoms with van der Waals surface area (Å²) in [7, 11) is 0. The molecule has 32 heavy (non-hydrogen) atoms. The zero-order valence-corrected chi connectivity index (χ0v) is 18.1. The maximum atomic E-state index is 12.4. The van der Waals surface area contributed by atoms with Gasteiger partial charge < -0.3 is 9.15 Å². The molecule has 0 spiro atoms. The Bertz CT molecular complexity index is 1370. The second-order valence-electron chi connectivity index (χ2n) is 8.84. The van der Waals surface area contributed by atoms with Crippen LogP contribution in [0.5, 0.6) is 5.75 Å². The zero-order valence-electron chi connectivity index (χ0n) is 18.1. The minimum absolute atomic E-state index is 0.337. The van der Waals surface area contributed by atoms with Crippen LogP contribution in [0.4, 0.5) is 0 Å². The summed E-state index contributed by atoms with van der Waals surface area (Å²) < 4.78 is 12.0. The molecule has 1 aliphatic heterocycles. The maximum absolute atomic E-state index is 12.4. The molecule has 1 atom stereocenters. The van der Waals surface area contributed by atoms with Gasteiger partial charge in [-0.05, 0) is 54.5 Å². The van der Waals surface area contributed by atoms with E-state index in [1.54, 1.807) is 6.07 Å². The van der Waals surface area contributed by atoms with Crippen molar-refractivity contribution in [3.05, 3.63) is 99.4 Å². The van der Waals surface area contributed by atoms with Gasteiger partial charge in [-0.2, -0.15) is 0 Å². The smallest absolute Gasteiger partial charge is 0.336 e. The van der Waals surface area contributed by atoms with Gasteiger partial charge in [0.25, 0.3) is 0 Å². The molecule has 0 fully saturated rings. The fourth-order valence-corrected chi connectivity index (χ4v) is 5.40.